The zero-order chi connectivity index (χ0) is 19.1. The lowest BCUT2D eigenvalue weighted by molar-refractivity contribution is 0.370. The van der Waals surface area contributed by atoms with Crippen LogP contribution in [0.1, 0.15) is 11.1 Å². The summed E-state index contributed by atoms with van der Waals surface area (Å²) >= 11 is 0. The fourth-order valence-corrected chi connectivity index (χ4v) is 3.29. The molecule has 1 aliphatic heterocycles. The molecule has 0 radical (unpaired) electrons. The van der Waals surface area contributed by atoms with Gasteiger partial charge in [-0.3, -0.25) is 4.99 Å². The quantitative estimate of drug-likeness (QED) is 0.390. The summed E-state index contributed by atoms with van der Waals surface area (Å²) in [5, 5.41) is 3.50. The van der Waals surface area contributed by atoms with Crippen molar-refractivity contribution in [1.29, 1.82) is 0 Å². The first kappa shape index (κ1) is 22.4. The third-order valence-electron chi connectivity index (χ3n) is 4.57. The van der Waals surface area contributed by atoms with E-state index in [1.54, 1.807) is 12.4 Å². The summed E-state index contributed by atoms with van der Waals surface area (Å²) < 4.78 is 0. The maximum absolute atomic E-state index is 4.47. The Kier molecular flexibility index (Phi) is 8.91. The van der Waals surface area contributed by atoms with Gasteiger partial charge < -0.3 is 20.0 Å². The van der Waals surface area contributed by atoms with Gasteiger partial charge in [-0.25, -0.2) is 9.97 Å². The number of piperazine rings is 1. The second-order valence-electron chi connectivity index (χ2n) is 6.98. The summed E-state index contributed by atoms with van der Waals surface area (Å²) in [6.07, 6.45) is 3.58. The van der Waals surface area contributed by atoms with Gasteiger partial charge in [-0.15, -0.1) is 24.0 Å². The van der Waals surface area contributed by atoms with Crippen molar-refractivity contribution >= 4 is 35.9 Å². The van der Waals surface area contributed by atoms with Gasteiger partial charge in [0.15, 0.2) is 5.96 Å². The zero-order valence-electron chi connectivity index (χ0n) is 16.9. The van der Waals surface area contributed by atoms with E-state index in [4.69, 9.17) is 0 Å². The van der Waals surface area contributed by atoms with Crippen LogP contribution in [0.25, 0.3) is 0 Å². The number of hydrogen-bond donors (Lipinski definition) is 1. The lowest BCUT2D eigenvalue weighted by atomic mass is 10.1. The molecule has 0 aliphatic carbocycles. The molecule has 0 bridgehead atoms. The van der Waals surface area contributed by atoms with Crippen LogP contribution in [-0.4, -0.2) is 73.0 Å². The van der Waals surface area contributed by atoms with Crippen molar-refractivity contribution in [3.05, 3.63) is 53.9 Å². The number of halogens is 1. The first-order chi connectivity index (χ1) is 13.2. The van der Waals surface area contributed by atoms with Crippen molar-refractivity contribution in [3.8, 4) is 0 Å². The van der Waals surface area contributed by atoms with Crippen molar-refractivity contribution < 1.29 is 0 Å². The fraction of sp³-hybridized carbons (Fsp3) is 0.450. The van der Waals surface area contributed by atoms with E-state index in [2.05, 4.69) is 73.3 Å². The molecule has 2 heterocycles. The van der Waals surface area contributed by atoms with Gasteiger partial charge >= 0.3 is 0 Å². The van der Waals surface area contributed by atoms with Crippen LogP contribution in [0.3, 0.4) is 0 Å². The van der Waals surface area contributed by atoms with Gasteiger partial charge in [-0.1, -0.05) is 24.3 Å². The van der Waals surface area contributed by atoms with E-state index in [0.29, 0.717) is 0 Å². The van der Waals surface area contributed by atoms with Crippen LogP contribution in [0.4, 0.5) is 5.95 Å². The van der Waals surface area contributed by atoms with E-state index in [0.717, 1.165) is 51.2 Å². The normalized spacial score (nSPS) is 14.8. The van der Waals surface area contributed by atoms with Gasteiger partial charge in [0, 0.05) is 58.7 Å². The molecule has 1 saturated heterocycles. The van der Waals surface area contributed by atoms with Crippen molar-refractivity contribution in [3.63, 3.8) is 0 Å². The maximum Gasteiger partial charge on any atom is 0.225 e. The zero-order valence-corrected chi connectivity index (χ0v) is 19.2. The molecule has 0 spiro atoms. The Bertz CT molecular complexity index is 743. The average molecular weight is 495 g/mol. The summed E-state index contributed by atoms with van der Waals surface area (Å²) in [5.74, 6) is 1.75. The van der Waals surface area contributed by atoms with Crippen LogP contribution in [0.5, 0.6) is 0 Å². The monoisotopic (exact) mass is 495 g/mol. The maximum atomic E-state index is 4.47. The van der Waals surface area contributed by atoms with E-state index in [-0.39, 0.29) is 24.0 Å². The highest BCUT2D eigenvalue weighted by atomic mass is 127. The molecule has 8 heteroatoms. The lowest BCUT2D eigenvalue weighted by Gasteiger charge is -2.36. The van der Waals surface area contributed by atoms with Gasteiger partial charge in [-0.2, -0.15) is 0 Å². The van der Waals surface area contributed by atoms with Crippen LogP contribution in [0.2, 0.25) is 0 Å². The standard InChI is InChI=1S/C20H29N7.HI/c1-21-19(24-15-17-6-4-7-18(14-17)16-25(2)3)26-10-12-27(13-11-26)20-22-8-5-9-23-20;/h4-9,14H,10-13,15-16H2,1-3H3,(H,21,24);1H. The predicted molar refractivity (Wildman–Crippen MR) is 125 cm³/mol. The summed E-state index contributed by atoms with van der Waals surface area (Å²) in [6.45, 7) is 5.31. The van der Waals surface area contributed by atoms with Crippen molar-refractivity contribution in [2.45, 2.75) is 13.1 Å². The number of nitrogens with zero attached hydrogens (tertiary/aromatic N) is 6. The second kappa shape index (κ2) is 11.2. The minimum atomic E-state index is 0. The highest BCUT2D eigenvalue weighted by molar-refractivity contribution is 14.0. The molecule has 28 heavy (non-hydrogen) atoms. The summed E-state index contributed by atoms with van der Waals surface area (Å²) in [5.41, 5.74) is 2.59. The van der Waals surface area contributed by atoms with Crippen LogP contribution in [0, 0.1) is 0 Å². The fourth-order valence-electron chi connectivity index (χ4n) is 3.29. The smallest absolute Gasteiger partial charge is 0.225 e. The minimum Gasteiger partial charge on any atom is -0.352 e. The van der Waals surface area contributed by atoms with Crippen LogP contribution >= 0.6 is 24.0 Å². The molecule has 1 aromatic heterocycles. The van der Waals surface area contributed by atoms with Gasteiger partial charge in [0.1, 0.15) is 0 Å². The van der Waals surface area contributed by atoms with Gasteiger partial charge in [0.25, 0.3) is 0 Å². The molecule has 7 nitrogen and oxygen atoms in total. The lowest BCUT2D eigenvalue weighted by Crippen LogP contribution is -2.52. The summed E-state index contributed by atoms with van der Waals surface area (Å²) in [4.78, 5) is 19.9. The molecule has 152 valence electrons. The molecule has 0 atom stereocenters. The van der Waals surface area contributed by atoms with E-state index in [1.165, 1.54) is 11.1 Å². The molecule has 1 aromatic carbocycles. The third kappa shape index (κ3) is 6.30. The number of aliphatic imine (C=N–C) groups is 1. The molecule has 2 aromatic rings. The third-order valence-corrected chi connectivity index (χ3v) is 4.57. The molecule has 1 aliphatic rings. The topological polar surface area (TPSA) is 59.9 Å². The summed E-state index contributed by atoms with van der Waals surface area (Å²) in [7, 11) is 6.03. The Morgan fingerprint density at radius 3 is 2.39 bits per heavy atom. The number of anilines is 1. The molecular formula is C20H30IN7. The Morgan fingerprint density at radius 2 is 1.75 bits per heavy atom. The highest BCUT2D eigenvalue weighted by Gasteiger charge is 2.20. The van der Waals surface area contributed by atoms with Crippen molar-refractivity contribution in [1.82, 2.24) is 25.1 Å². The Labute approximate surface area is 184 Å². The van der Waals surface area contributed by atoms with E-state index >= 15 is 0 Å². The minimum absolute atomic E-state index is 0. The Balaban J connectivity index is 0.00000280. The molecular weight excluding hydrogens is 465 g/mol. The Hall–Kier alpha value is -1.94. The predicted octanol–water partition coefficient (Wildman–Crippen LogP) is 2.05. The number of rotatable bonds is 5. The SMILES string of the molecule is CN=C(NCc1cccc(CN(C)C)c1)N1CCN(c2ncccn2)CC1.I. The van der Waals surface area contributed by atoms with E-state index in [1.807, 2.05) is 13.1 Å². The molecule has 0 saturated carbocycles. The molecule has 1 N–H and O–H groups in total. The first-order valence-electron chi connectivity index (χ1n) is 9.36. The highest BCUT2D eigenvalue weighted by Crippen LogP contribution is 2.11. The second-order valence-corrected chi connectivity index (χ2v) is 6.98. The molecule has 0 amide bonds. The van der Waals surface area contributed by atoms with Gasteiger partial charge in [0.2, 0.25) is 5.95 Å². The van der Waals surface area contributed by atoms with Crippen LogP contribution < -0.4 is 10.2 Å². The number of nitrogens with one attached hydrogen (secondary N) is 1. The van der Waals surface area contributed by atoms with Crippen LogP contribution in [0.15, 0.2) is 47.7 Å². The van der Waals surface area contributed by atoms with Crippen molar-refractivity contribution in [2.24, 2.45) is 4.99 Å². The molecule has 0 unspecified atom stereocenters. The van der Waals surface area contributed by atoms with Crippen LogP contribution in [-0.2, 0) is 13.1 Å². The largest absolute Gasteiger partial charge is 0.352 e. The van der Waals surface area contributed by atoms with Crippen molar-refractivity contribution in [2.75, 3.05) is 52.2 Å². The van der Waals surface area contributed by atoms with Gasteiger partial charge in [-0.05, 0) is 31.3 Å². The first-order valence-corrected chi connectivity index (χ1v) is 9.36. The number of benzene rings is 1. The number of guanidine groups is 1. The summed E-state index contributed by atoms with van der Waals surface area (Å²) in [6, 6.07) is 10.6. The van der Waals surface area contributed by atoms with E-state index in [9.17, 15) is 0 Å². The average Bonchev–Trinajstić information content (AvgIpc) is 2.69. The Morgan fingerprint density at radius 1 is 1.07 bits per heavy atom. The van der Waals surface area contributed by atoms with Gasteiger partial charge in [0.05, 0.1) is 0 Å². The number of hydrogen-bond acceptors (Lipinski definition) is 5. The molecule has 1 fully saturated rings. The molecule has 3 rings (SSSR count). The number of aromatic nitrogens is 2. The van der Waals surface area contributed by atoms with E-state index < -0.39 is 0 Å².